The minimum atomic E-state index is -0.263. The van der Waals surface area contributed by atoms with Gasteiger partial charge in [-0.1, -0.05) is 54.1 Å². The van der Waals surface area contributed by atoms with E-state index in [1.165, 1.54) is 11.1 Å². The van der Waals surface area contributed by atoms with Crippen molar-refractivity contribution in [1.29, 1.82) is 5.26 Å². The van der Waals surface area contributed by atoms with Crippen LogP contribution in [0, 0.1) is 25.2 Å². The van der Waals surface area contributed by atoms with Gasteiger partial charge in [0.1, 0.15) is 6.04 Å². The van der Waals surface area contributed by atoms with Crippen LogP contribution in [0.15, 0.2) is 48.5 Å². The van der Waals surface area contributed by atoms with Gasteiger partial charge in [0.05, 0.1) is 6.07 Å². The van der Waals surface area contributed by atoms with Crippen LogP contribution in [0.1, 0.15) is 28.3 Å². The van der Waals surface area contributed by atoms with Gasteiger partial charge in [0, 0.05) is 6.54 Å². The van der Waals surface area contributed by atoms with E-state index in [1.807, 2.05) is 24.3 Å². The van der Waals surface area contributed by atoms with Crippen molar-refractivity contribution >= 4 is 0 Å². The Morgan fingerprint density at radius 3 is 2.47 bits per heavy atom. The molecule has 0 saturated carbocycles. The molecule has 0 radical (unpaired) electrons. The van der Waals surface area contributed by atoms with E-state index < -0.39 is 0 Å². The zero-order chi connectivity index (χ0) is 13.7. The summed E-state index contributed by atoms with van der Waals surface area (Å²) in [5, 5.41) is 12.6. The molecule has 2 nitrogen and oxygen atoms in total. The normalized spacial score (nSPS) is 11.8. The quantitative estimate of drug-likeness (QED) is 0.899. The lowest BCUT2D eigenvalue weighted by Crippen LogP contribution is -2.20. The second-order valence-electron chi connectivity index (χ2n) is 4.79. The van der Waals surface area contributed by atoms with Gasteiger partial charge in [-0.15, -0.1) is 0 Å². The minimum Gasteiger partial charge on any atom is -0.294 e. The Morgan fingerprint density at radius 1 is 1.11 bits per heavy atom. The van der Waals surface area contributed by atoms with E-state index in [2.05, 4.69) is 49.5 Å². The van der Waals surface area contributed by atoms with Crippen molar-refractivity contribution in [2.75, 3.05) is 0 Å². The second kappa shape index (κ2) is 6.17. The molecule has 2 heteroatoms. The second-order valence-corrected chi connectivity index (χ2v) is 4.79. The fourth-order valence-electron chi connectivity index (χ4n) is 2.19. The highest BCUT2D eigenvalue weighted by Gasteiger charge is 2.12. The summed E-state index contributed by atoms with van der Waals surface area (Å²) in [6.07, 6.45) is 0. The van der Waals surface area contributed by atoms with Gasteiger partial charge in [-0.3, -0.25) is 5.32 Å². The molecule has 2 aromatic rings. The molecule has 1 atom stereocenters. The number of nitriles is 1. The number of aryl methyl sites for hydroxylation is 2. The molecule has 0 aromatic heterocycles. The van der Waals surface area contributed by atoms with Gasteiger partial charge in [0.25, 0.3) is 0 Å². The van der Waals surface area contributed by atoms with Crippen molar-refractivity contribution in [1.82, 2.24) is 5.32 Å². The molecule has 2 rings (SSSR count). The molecule has 1 unspecified atom stereocenters. The average Bonchev–Trinajstić information content (AvgIpc) is 2.42. The molecule has 0 aliphatic carbocycles. The molecule has 96 valence electrons. The molecule has 2 aromatic carbocycles. The van der Waals surface area contributed by atoms with E-state index in [0.717, 1.165) is 11.1 Å². The molecule has 0 aliphatic heterocycles. The predicted molar refractivity (Wildman–Crippen MR) is 77.6 cm³/mol. The molecule has 1 N–H and O–H groups in total. The summed E-state index contributed by atoms with van der Waals surface area (Å²) in [4.78, 5) is 0. The van der Waals surface area contributed by atoms with E-state index in [9.17, 15) is 5.26 Å². The maximum Gasteiger partial charge on any atom is 0.121 e. The maximum atomic E-state index is 9.34. The minimum absolute atomic E-state index is 0.263. The first-order valence-corrected chi connectivity index (χ1v) is 6.45. The number of nitrogens with zero attached hydrogens (tertiary/aromatic N) is 1. The molecule has 0 amide bonds. The average molecular weight is 250 g/mol. The summed E-state index contributed by atoms with van der Waals surface area (Å²) in [7, 11) is 0. The van der Waals surface area contributed by atoms with Gasteiger partial charge in [-0.05, 0) is 30.5 Å². The molecule has 0 saturated heterocycles. The smallest absolute Gasteiger partial charge is 0.121 e. The van der Waals surface area contributed by atoms with Crippen LogP contribution in [0.2, 0.25) is 0 Å². The van der Waals surface area contributed by atoms with Crippen molar-refractivity contribution in [2.24, 2.45) is 0 Å². The third kappa shape index (κ3) is 3.43. The van der Waals surface area contributed by atoms with Crippen LogP contribution in [0.3, 0.4) is 0 Å². The molecule has 0 bridgehead atoms. The SMILES string of the molecule is Cc1ccc(C(C#N)NCc2ccccc2)c(C)c1. The largest absolute Gasteiger partial charge is 0.294 e. The van der Waals surface area contributed by atoms with Crippen LogP contribution in [0.5, 0.6) is 0 Å². The molecule has 0 fully saturated rings. The van der Waals surface area contributed by atoms with Gasteiger partial charge >= 0.3 is 0 Å². The first kappa shape index (κ1) is 13.3. The Morgan fingerprint density at radius 2 is 1.84 bits per heavy atom. The van der Waals surface area contributed by atoms with Crippen LogP contribution >= 0.6 is 0 Å². The Balaban J connectivity index is 2.11. The van der Waals surface area contributed by atoms with Crippen molar-refractivity contribution < 1.29 is 0 Å². The van der Waals surface area contributed by atoms with E-state index in [1.54, 1.807) is 0 Å². The maximum absolute atomic E-state index is 9.34. The first-order chi connectivity index (χ1) is 9.20. The molecular weight excluding hydrogens is 232 g/mol. The van der Waals surface area contributed by atoms with E-state index in [-0.39, 0.29) is 6.04 Å². The number of benzene rings is 2. The molecular formula is C17H18N2. The zero-order valence-electron chi connectivity index (χ0n) is 11.4. The van der Waals surface area contributed by atoms with Crippen molar-refractivity contribution in [2.45, 2.75) is 26.4 Å². The van der Waals surface area contributed by atoms with E-state index >= 15 is 0 Å². The lowest BCUT2D eigenvalue weighted by atomic mass is 10.00. The van der Waals surface area contributed by atoms with Crippen LogP contribution in [0.4, 0.5) is 0 Å². The Kier molecular flexibility index (Phi) is 4.33. The summed E-state index contributed by atoms with van der Waals surface area (Å²) in [6, 6.07) is 18.4. The van der Waals surface area contributed by atoms with Gasteiger partial charge in [-0.25, -0.2) is 0 Å². The summed E-state index contributed by atoms with van der Waals surface area (Å²) < 4.78 is 0. The molecule has 0 aliphatic rings. The fourth-order valence-corrected chi connectivity index (χ4v) is 2.19. The van der Waals surface area contributed by atoms with Gasteiger partial charge < -0.3 is 0 Å². The summed E-state index contributed by atoms with van der Waals surface area (Å²) in [5.74, 6) is 0. The van der Waals surface area contributed by atoms with Crippen LogP contribution < -0.4 is 5.32 Å². The number of hydrogen-bond donors (Lipinski definition) is 1. The van der Waals surface area contributed by atoms with Crippen LogP contribution in [-0.2, 0) is 6.54 Å². The molecule has 0 heterocycles. The topological polar surface area (TPSA) is 35.8 Å². The predicted octanol–water partition coefficient (Wildman–Crippen LogP) is 3.66. The highest BCUT2D eigenvalue weighted by atomic mass is 14.9. The third-order valence-electron chi connectivity index (χ3n) is 3.22. The summed E-state index contributed by atoms with van der Waals surface area (Å²) >= 11 is 0. The number of nitrogens with one attached hydrogen (secondary N) is 1. The Bertz CT molecular complexity index is 582. The fraction of sp³-hybridized carbons (Fsp3) is 0.235. The lowest BCUT2D eigenvalue weighted by Gasteiger charge is -2.15. The van der Waals surface area contributed by atoms with Gasteiger partial charge in [0.15, 0.2) is 0 Å². The Labute approximate surface area is 114 Å². The molecule has 19 heavy (non-hydrogen) atoms. The number of hydrogen-bond acceptors (Lipinski definition) is 2. The van der Waals surface area contributed by atoms with Gasteiger partial charge in [-0.2, -0.15) is 5.26 Å². The third-order valence-corrected chi connectivity index (χ3v) is 3.22. The van der Waals surface area contributed by atoms with Crippen molar-refractivity contribution in [3.8, 4) is 6.07 Å². The first-order valence-electron chi connectivity index (χ1n) is 6.45. The van der Waals surface area contributed by atoms with Crippen molar-refractivity contribution in [3.05, 3.63) is 70.8 Å². The standard InChI is InChI=1S/C17H18N2/c1-13-8-9-16(14(2)10-13)17(11-18)19-12-15-6-4-3-5-7-15/h3-10,17,19H,12H2,1-2H3. The lowest BCUT2D eigenvalue weighted by molar-refractivity contribution is 0.627. The van der Waals surface area contributed by atoms with Crippen LogP contribution in [-0.4, -0.2) is 0 Å². The highest BCUT2D eigenvalue weighted by Crippen LogP contribution is 2.19. The van der Waals surface area contributed by atoms with E-state index in [0.29, 0.717) is 6.54 Å². The summed E-state index contributed by atoms with van der Waals surface area (Å²) in [5.41, 5.74) is 4.63. The zero-order valence-corrected chi connectivity index (χ0v) is 11.4. The number of rotatable bonds is 4. The highest BCUT2D eigenvalue weighted by molar-refractivity contribution is 5.35. The van der Waals surface area contributed by atoms with Crippen molar-refractivity contribution in [3.63, 3.8) is 0 Å². The Hall–Kier alpha value is -2.11. The van der Waals surface area contributed by atoms with Gasteiger partial charge in [0.2, 0.25) is 0 Å². The molecule has 0 spiro atoms. The summed E-state index contributed by atoms with van der Waals surface area (Å²) in [6.45, 7) is 4.82. The van der Waals surface area contributed by atoms with E-state index in [4.69, 9.17) is 0 Å². The van der Waals surface area contributed by atoms with Crippen LogP contribution in [0.25, 0.3) is 0 Å². The monoisotopic (exact) mass is 250 g/mol.